The molecule has 1 aliphatic carbocycles. The Bertz CT molecular complexity index is 101. The Morgan fingerprint density at radius 1 is 1.18 bits per heavy atom. The summed E-state index contributed by atoms with van der Waals surface area (Å²) in [4.78, 5) is 0. The van der Waals surface area contributed by atoms with Gasteiger partial charge < -0.3 is 5.73 Å². The zero-order valence-corrected chi connectivity index (χ0v) is 7.68. The molecular formula is C10H21N. The van der Waals surface area contributed by atoms with Gasteiger partial charge in [-0.2, -0.15) is 0 Å². The third-order valence-electron chi connectivity index (χ3n) is 2.95. The van der Waals surface area contributed by atoms with E-state index in [1.165, 1.54) is 38.5 Å². The first-order valence-electron chi connectivity index (χ1n) is 5.03. The fraction of sp³-hybridized carbons (Fsp3) is 1.00. The monoisotopic (exact) mass is 155 g/mol. The summed E-state index contributed by atoms with van der Waals surface area (Å²) in [5, 5.41) is 0. The summed E-state index contributed by atoms with van der Waals surface area (Å²) in [7, 11) is 0. The SMILES string of the molecule is CC1CCCC(CCN)CC1. The molecule has 0 radical (unpaired) electrons. The van der Waals surface area contributed by atoms with Crippen molar-refractivity contribution >= 4 is 0 Å². The number of rotatable bonds is 2. The molecule has 0 spiro atoms. The number of hydrogen-bond donors (Lipinski definition) is 1. The summed E-state index contributed by atoms with van der Waals surface area (Å²) in [5.41, 5.74) is 5.55. The molecule has 0 aromatic heterocycles. The van der Waals surface area contributed by atoms with Crippen LogP contribution in [0.4, 0.5) is 0 Å². The van der Waals surface area contributed by atoms with Crippen molar-refractivity contribution in [3.8, 4) is 0 Å². The van der Waals surface area contributed by atoms with Crippen LogP contribution in [0.5, 0.6) is 0 Å². The first-order chi connectivity index (χ1) is 5.33. The van der Waals surface area contributed by atoms with Gasteiger partial charge >= 0.3 is 0 Å². The molecule has 11 heavy (non-hydrogen) atoms. The second-order valence-corrected chi connectivity index (χ2v) is 4.06. The lowest BCUT2D eigenvalue weighted by Crippen LogP contribution is -2.07. The molecule has 66 valence electrons. The lowest BCUT2D eigenvalue weighted by molar-refractivity contribution is 0.424. The first-order valence-corrected chi connectivity index (χ1v) is 5.03. The molecule has 1 fully saturated rings. The van der Waals surface area contributed by atoms with Crippen LogP contribution in [0.3, 0.4) is 0 Å². The van der Waals surface area contributed by atoms with Gasteiger partial charge in [-0.15, -0.1) is 0 Å². The summed E-state index contributed by atoms with van der Waals surface area (Å²) in [6.45, 7) is 3.27. The summed E-state index contributed by atoms with van der Waals surface area (Å²) < 4.78 is 0. The minimum atomic E-state index is 0.888. The molecule has 0 aliphatic heterocycles. The summed E-state index contributed by atoms with van der Waals surface area (Å²) in [6, 6.07) is 0. The topological polar surface area (TPSA) is 26.0 Å². The second-order valence-electron chi connectivity index (χ2n) is 4.06. The molecule has 1 aliphatic rings. The maximum atomic E-state index is 5.55. The maximum absolute atomic E-state index is 5.55. The van der Waals surface area contributed by atoms with Gasteiger partial charge in [0.25, 0.3) is 0 Å². The van der Waals surface area contributed by atoms with E-state index in [9.17, 15) is 0 Å². The van der Waals surface area contributed by atoms with E-state index in [1.807, 2.05) is 0 Å². The van der Waals surface area contributed by atoms with Crippen LogP contribution in [0.15, 0.2) is 0 Å². The van der Waals surface area contributed by atoms with Crippen LogP contribution in [-0.2, 0) is 0 Å². The predicted molar refractivity (Wildman–Crippen MR) is 49.4 cm³/mol. The smallest absolute Gasteiger partial charge is 0.00746 e. The second kappa shape index (κ2) is 4.76. The molecule has 0 heterocycles. The normalized spacial score (nSPS) is 33.3. The lowest BCUT2D eigenvalue weighted by atomic mass is 9.96. The van der Waals surface area contributed by atoms with Crippen molar-refractivity contribution in [2.75, 3.05) is 6.54 Å². The largest absolute Gasteiger partial charge is 0.330 e. The van der Waals surface area contributed by atoms with Crippen molar-refractivity contribution in [1.29, 1.82) is 0 Å². The molecule has 0 aromatic rings. The van der Waals surface area contributed by atoms with E-state index in [-0.39, 0.29) is 0 Å². The highest BCUT2D eigenvalue weighted by Crippen LogP contribution is 2.28. The van der Waals surface area contributed by atoms with Gasteiger partial charge in [0, 0.05) is 0 Å². The molecular weight excluding hydrogens is 134 g/mol. The van der Waals surface area contributed by atoms with Crippen LogP contribution in [0, 0.1) is 11.8 Å². The molecule has 0 aromatic carbocycles. The van der Waals surface area contributed by atoms with Gasteiger partial charge in [-0.1, -0.05) is 39.0 Å². The molecule has 1 nitrogen and oxygen atoms in total. The third kappa shape index (κ3) is 3.24. The number of hydrogen-bond acceptors (Lipinski definition) is 1. The van der Waals surface area contributed by atoms with E-state index in [1.54, 1.807) is 0 Å². The van der Waals surface area contributed by atoms with Crippen molar-refractivity contribution < 1.29 is 0 Å². The first kappa shape index (κ1) is 9.05. The quantitative estimate of drug-likeness (QED) is 0.609. The highest BCUT2D eigenvalue weighted by atomic mass is 14.5. The van der Waals surface area contributed by atoms with E-state index in [4.69, 9.17) is 5.73 Å². The average molecular weight is 155 g/mol. The fourth-order valence-electron chi connectivity index (χ4n) is 2.09. The molecule has 1 heteroatoms. The van der Waals surface area contributed by atoms with Crippen LogP contribution in [-0.4, -0.2) is 6.54 Å². The molecule has 1 saturated carbocycles. The Kier molecular flexibility index (Phi) is 3.92. The van der Waals surface area contributed by atoms with Crippen LogP contribution < -0.4 is 5.73 Å². The minimum absolute atomic E-state index is 0.888. The van der Waals surface area contributed by atoms with E-state index < -0.39 is 0 Å². The van der Waals surface area contributed by atoms with Gasteiger partial charge in [-0.25, -0.2) is 0 Å². The van der Waals surface area contributed by atoms with Crippen LogP contribution in [0.1, 0.15) is 45.4 Å². The number of nitrogens with two attached hydrogens (primary N) is 1. The summed E-state index contributed by atoms with van der Waals surface area (Å²) in [5.74, 6) is 1.92. The molecule has 0 bridgehead atoms. The van der Waals surface area contributed by atoms with Gasteiger partial charge in [0.2, 0.25) is 0 Å². The van der Waals surface area contributed by atoms with Crippen molar-refractivity contribution in [3.63, 3.8) is 0 Å². The maximum Gasteiger partial charge on any atom is -0.00746 e. The van der Waals surface area contributed by atoms with Crippen molar-refractivity contribution in [2.45, 2.75) is 45.4 Å². The van der Waals surface area contributed by atoms with Crippen molar-refractivity contribution in [2.24, 2.45) is 17.6 Å². The van der Waals surface area contributed by atoms with Gasteiger partial charge in [-0.05, 0) is 24.8 Å². The van der Waals surface area contributed by atoms with Gasteiger partial charge in [-0.3, -0.25) is 0 Å². The summed E-state index contributed by atoms with van der Waals surface area (Å²) >= 11 is 0. The Balaban J connectivity index is 2.22. The Morgan fingerprint density at radius 2 is 2.00 bits per heavy atom. The van der Waals surface area contributed by atoms with E-state index in [0.717, 1.165) is 18.4 Å². The third-order valence-corrected chi connectivity index (χ3v) is 2.95. The Hall–Kier alpha value is -0.0400. The lowest BCUT2D eigenvalue weighted by Gasteiger charge is -2.11. The van der Waals surface area contributed by atoms with Crippen molar-refractivity contribution in [3.05, 3.63) is 0 Å². The highest BCUT2D eigenvalue weighted by molar-refractivity contribution is 4.68. The van der Waals surface area contributed by atoms with Gasteiger partial charge in [0.1, 0.15) is 0 Å². The Morgan fingerprint density at radius 3 is 2.73 bits per heavy atom. The predicted octanol–water partition coefficient (Wildman–Crippen LogP) is 2.55. The molecule has 0 amide bonds. The molecule has 2 atom stereocenters. The van der Waals surface area contributed by atoms with Crippen LogP contribution >= 0.6 is 0 Å². The standard InChI is InChI=1S/C10H21N/c1-9-3-2-4-10(6-5-9)7-8-11/h9-10H,2-8,11H2,1H3. The van der Waals surface area contributed by atoms with Crippen molar-refractivity contribution in [1.82, 2.24) is 0 Å². The molecule has 1 rings (SSSR count). The highest BCUT2D eigenvalue weighted by Gasteiger charge is 2.14. The van der Waals surface area contributed by atoms with E-state index in [0.29, 0.717) is 0 Å². The van der Waals surface area contributed by atoms with Gasteiger partial charge in [0.15, 0.2) is 0 Å². The van der Waals surface area contributed by atoms with Gasteiger partial charge in [0.05, 0.1) is 0 Å². The minimum Gasteiger partial charge on any atom is -0.330 e. The molecule has 2 unspecified atom stereocenters. The Labute approximate surface area is 70.4 Å². The van der Waals surface area contributed by atoms with E-state index >= 15 is 0 Å². The average Bonchev–Trinajstić information content (AvgIpc) is 2.17. The zero-order valence-electron chi connectivity index (χ0n) is 7.68. The van der Waals surface area contributed by atoms with Crippen LogP contribution in [0.25, 0.3) is 0 Å². The van der Waals surface area contributed by atoms with Crippen LogP contribution in [0.2, 0.25) is 0 Å². The van der Waals surface area contributed by atoms with E-state index in [2.05, 4.69) is 6.92 Å². The zero-order chi connectivity index (χ0) is 8.10. The molecule has 2 N–H and O–H groups in total. The molecule has 0 saturated heterocycles. The fourth-order valence-corrected chi connectivity index (χ4v) is 2.09. The summed E-state index contributed by atoms with van der Waals surface area (Å²) in [6.07, 6.45) is 8.43.